The second-order valence-corrected chi connectivity index (χ2v) is 12.0. The van der Waals surface area contributed by atoms with Gasteiger partial charge in [-0.15, -0.1) is 0 Å². The molecule has 1 aromatic heterocycles. The van der Waals surface area contributed by atoms with Gasteiger partial charge in [0, 0.05) is 30.8 Å². The highest BCUT2D eigenvalue weighted by Crippen LogP contribution is 2.45. The Morgan fingerprint density at radius 1 is 1.05 bits per heavy atom. The molecule has 0 aliphatic carbocycles. The maximum atomic E-state index is 14.8. The van der Waals surface area contributed by atoms with Gasteiger partial charge in [0.05, 0.1) is 18.3 Å². The fourth-order valence-electron chi connectivity index (χ4n) is 6.28. The lowest BCUT2D eigenvalue weighted by Crippen LogP contribution is -2.56. The first kappa shape index (κ1) is 33.0. The van der Waals surface area contributed by atoms with Crippen LogP contribution in [0.4, 0.5) is 0 Å². The molecule has 10 heteroatoms. The number of hydrazine groups is 1. The van der Waals surface area contributed by atoms with E-state index in [4.69, 9.17) is 15.4 Å². The highest BCUT2D eigenvalue weighted by atomic mass is 16.8. The van der Waals surface area contributed by atoms with Crippen molar-refractivity contribution in [3.05, 3.63) is 90.0 Å². The third-order valence-electron chi connectivity index (χ3n) is 8.42. The van der Waals surface area contributed by atoms with Crippen LogP contribution in [0, 0.1) is 23.2 Å². The first-order chi connectivity index (χ1) is 21.3. The lowest BCUT2D eigenvalue weighted by Gasteiger charge is -2.43. The number of Topliss-reactive ketones (excluding diaryl/α,β-unsaturated/α-hetero) is 1. The molecule has 1 aliphatic rings. The van der Waals surface area contributed by atoms with Crippen LogP contribution < -0.4 is 16.7 Å². The highest BCUT2D eigenvalue weighted by Gasteiger charge is 2.53. The van der Waals surface area contributed by atoms with Gasteiger partial charge in [-0.1, -0.05) is 74.5 Å². The molecule has 2 heterocycles. The van der Waals surface area contributed by atoms with E-state index < -0.39 is 35.4 Å². The Kier molecular flexibility index (Phi) is 12.2. The number of hydrogen-bond acceptors (Lipinski definition) is 7. The third kappa shape index (κ3) is 8.84. The third-order valence-corrected chi connectivity index (χ3v) is 8.42. The van der Waals surface area contributed by atoms with Gasteiger partial charge < -0.3 is 9.72 Å². The number of carbonyl (C=O) groups is 3. The summed E-state index contributed by atoms with van der Waals surface area (Å²) in [5, 5.41) is 0. The van der Waals surface area contributed by atoms with Crippen molar-refractivity contribution in [3.63, 3.8) is 0 Å². The summed E-state index contributed by atoms with van der Waals surface area (Å²) in [6.45, 7) is 4.49. The summed E-state index contributed by atoms with van der Waals surface area (Å²) in [6, 6.07) is 19.4. The van der Waals surface area contributed by atoms with Gasteiger partial charge in [0.25, 0.3) is 0 Å². The van der Waals surface area contributed by atoms with Crippen molar-refractivity contribution in [1.29, 1.82) is 0 Å². The largest absolute Gasteiger partial charge is 0.350 e. The predicted molar refractivity (Wildman–Crippen MR) is 166 cm³/mol. The number of aromatic nitrogens is 2. The van der Waals surface area contributed by atoms with Crippen LogP contribution in [0.15, 0.2) is 73.1 Å². The van der Waals surface area contributed by atoms with E-state index in [0.29, 0.717) is 38.1 Å². The summed E-state index contributed by atoms with van der Waals surface area (Å²) < 4.78 is 5.69. The van der Waals surface area contributed by atoms with Gasteiger partial charge in [-0.05, 0) is 55.6 Å². The molecule has 5 N–H and O–H groups in total. The normalized spacial score (nSPS) is 17.8. The smallest absolute Gasteiger partial charge is 0.248 e. The van der Waals surface area contributed by atoms with Crippen LogP contribution in [0.5, 0.6) is 0 Å². The molecule has 2 unspecified atom stereocenters. The number of carbonyl (C=O) groups excluding carboxylic acids is 3. The molecule has 44 heavy (non-hydrogen) atoms. The maximum absolute atomic E-state index is 14.8. The minimum atomic E-state index is -1.34. The van der Waals surface area contributed by atoms with Crippen molar-refractivity contribution < 1.29 is 24.0 Å². The molecule has 2 amide bonds. The van der Waals surface area contributed by atoms with Gasteiger partial charge in [-0.25, -0.2) is 21.1 Å². The number of hydrogen-bond donors (Lipinski definition) is 4. The summed E-state index contributed by atoms with van der Waals surface area (Å²) in [4.78, 5) is 56.1. The van der Waals surface area contributed by atoms with Crippen LogP contribution in [0.1, 0.15) is 62.9 Å². The molecular weight excluding hydrogens is 558 g/mol. The van der Waals surface area contributed by atoms with Crippen LogP contribution in [0.3, 0.4) is 0 Å². The van der Waals surface area contributed by atoms with Crippen molar-refractivity contribution in [2.75, 3.05) is 6.61 Å². The summed E-state index contributed by atoms with van der Waals surface area (Å²) >= 11 is 0. The molecule has 0 radical (unpaired) electrons. The van der Waals surface area contributed by atoms with Crippen molar-refractivity contribution >= 4 is 17.6 Å². The Bertz CT molecular complexity index is 1310. The molecule has 10 nitrogen and oxygen atoms in total. The first-order valence-electron chi connectivity index (χ1n) is 15.5. The number of ketones is 1. The van der Waals surface area contributed by atoms with Crippen LogP contribution in [0.2, 0.25) is 0 Å². The Balaban J connectivity index is 1.86. The molecule has 236 valence electrons. The van der Waals surface area contributed by atoms with E-state index in [1.807, 2.05) is 74.5 Å². The van der Waals surface area contributed by atoms with Crippen molar-refractivity contribution in [2.24, 2.45) is 29.0 Å². The first-order valence-corrected chi connectivity index (χ1v) is 15.5. The number of ether oxygens (including phenoxy) is 1. The SMILES string of the molecule is CC(C)C[C@@H](C(=O)NN)[C@H](C(=O)NOC1CCCCO1)C(CCc1ccccc1)(Cc1ccccc1)C(=O)Cc1ncc[nH]1. The van der Waals surface area contributed by atoms with Gasteiger partial charge in [-0.3, -0.25) is 19.8 Å². The second kappa shape index (κ2) is 16.3. The van der Waals surface area contributed by atoms with E-state index in [9.17, 15) is 14.4 Å². The number of nitrogens with one attached hydrogen (secondary N) is 3. The van der Waals surface area contributed by atoms with Crippen molar-refractivity contribution in [3.8, 4) is 0 Å². The minimum absolute atomic E-state index is 0.0268. The minimum Gasteiger partial charge on any atom is -0.350 e. The average Bonchev–Trinajstić information content (AvgIpc) is 3.56. The number of benzene rings is 2. The zero-order valence-electron chi connectivity index (χ0n) is 25.7. The molecule has 0 saturated carbocycles. The van der Waals surface area contributed by atoms with Gasteiger partial charge in [-0.2, -0.15) is 0 Å². The van der Waals surface area contributed by atoms with E-state index in [2.05, 4.69) is 20.9 Å². The predicted octanol–water partition coefficient (Wildman–Crippen LogP) is 4.23. The number of aryl methyl sites for hydroxylation is 1. The van der Waals surface area contributed by atoms with Crippen molar-refractivity contribution in [2.45, 2.75) is 71.5 Å². The molecule has 3 aromatic rings. The summed E-state index contributed by atoms with van der Waals surface area (Å²) in [5.74, 6) is 2.96. The van der Waals surface area contributed by atoms with Crippen molar-refractivity contribution in [1.82, 2.24) is 20.9 Å². The van der Waals surface area contributed by atoms with E-state index in [1.54, 1.807) is 12.4 Å². The molecule has 1 aliphatic heterocycles. The number of aromatic amines is 1. The number of nitrogens with zero attached hydrogens (tertiary/aromatic N) is 1. The summed E-state index contributed by atoms with van der Waals surface area (Å²) in [5.41, 5.74) is 5.48. The zero-order valence-corrected chi connectivity index (χ0v) is 25.7. The highest BCUT2D eigenvalue weighted by molar-refractivity contribution is 5.96. The van der Waals surface area contributed by atoms with E-state index in [-0.39, 0.29) is 24.5 Å². The number of rotatable bonds is 16. The lowest BCUT2D eigenvalue weighted by molar-refractivity contribution is -0.205. The quantitative estimate of drug-likeness (QED) is 0.109. The van der Waals surface area contributed by atoms with E-state index in [1.165, 1.54) is 0 Å². The van der Waals surface area contributed by atoms with Gasteiger partial charge in [0.15, 0.2) is 6.29 Å². The number of hydroxylamine groups is 1. The molecule has 0 bridgehead atoms. The van der Waals surface area contributed by atoms with Crippen LogP contribution >= 0.6 is 0 Å². The fourth-order valence-corrected chi connectivity index (χ4v) is 6.28. The maximum Gasteiger partial charge on any atom is 0.248 e. The molecule has 2 aromatic carbocycles. The molecule has 4 atom stereocenters. The van der Waals surface area contributed by atoms with Crippen LogP contribution in [0.25, 0.3) is 0 Å². The fraction of sp³-hybridized carbons (Fsp3) is 0.471. The zero-order chi connectivity index (χ0) is 31.4. The number of H-pyrrole nitrogens is 1. The Morgan fingerprint density at radius 2 is 1.75 bits per heavy atom. The number of nitrogens with two attached hydrogens (primary N) is 1. The van der Waals surface area contributed by atoms with Gasteiger partial charge >= 0.3 is 0 Å². The summed E-state index contributed by atoms with van der Waals surface area (Å²) in [6.07, 6.45) is 6.44. The van der Waals surface area contributed by atoms with Gasteiger partial charge in [0.2, 0.25) is 11.8 Å². The molecular formula is C34H45N5O5. The van der Waals surface area contributed by atoms with E-state index in [0.717, 1.165) is 24.0 Å². The Morgan fingerprint density at radius 3 is 2.34 bits per heavy atom. The molecule has 4 rings (SSSR count). The average molecular weight is 604 g/mol. The summed E-state index contributed by atoms with van der Waals surface area (Å²) in [7, 11) is 0. The van der Waals surface area contributed by atoms with Crippen LogP contribution in [-0.2, 0) is 43.2 Å². The molecule has 1 fully saturated rings. The standard InChI is InChI=1S/C34H45N5O5/c1-24(2)21-27(32(41)38-35)31(33(42)39-44-30-15-9-10-20-43-30)34(23-26-13-7-4-8-14-26,17-16-25-11-5-3-6-12-25)28(40)22-29-36-18-19-37-29/h3-8,11-14,18-19,24,27,30-31H,9-10,15-17,20-23,35H2,1-2H3,(H,36,37)(H,38,41)(H,39,42)/t27-,30?,31-,34?/m1/s1. The Hall–Kier alpha value is -3.86. The second-order valence-electron chi connectivity index (χ2n) is 12.0. The number of amides is 2. The Labute approximate surface area is 259 Å². The molecule has 0 spiro atoms. The van der Waals surface area contributed by atoms with Crippen LogP contribution in [-0.4, -0.2) is 40.5 Å². The number of imidazole rings is 1. The monoisotopic (exact) mass is 603 g/mol. The van der Waals surface area contributed by atoms with Gasteiger partial charge in [0.1, 0.15) is 11.6 Å². The molecule has 1 saturated heterocycles. The van der Waals surface area contributed by atoms with E-state index >= 15 is 0 Å². The lowest BCUT2D eigenvalue weighted by atomic mass is 9.59. The topological polar surface area (TPSA) is 148 Å².